The lowest BCUT2D eigenvalue weighted by Gasteiger charge is -2.03. The minimum absolute atomic E-state index is 0.291. The number of hydrogen-bond donors (Lipinski definition) is 2. The lowest BCUT2D eigenvalue weighted by molar-refractivity contribution is 0.102. The fourth-order valence-electron chi connectivity index (χ4n) is 1.46. The van der Waals surface area contributed by atoms with E-state index >= 15 is 0 Å². The largest absolute Gasteiger partial charge is 0.325 e. The van der Waals surface area contributed by atoms with E-state index in [-0.39, 0.29) is 5.91 Å². The number of aryl methyl sites for hydroxylation is 2. The third-order valence-corrected chi connectivity index (χ3v) is 3.04. The first kappa shape index (κ1) is 12.6. The SMILES string of the molecule is Cc1cc(C)nc(NC(=O)c2csc(CN)n2)n1. The number of anilines is 1. The van der Waals surface area contributed by atoms with Crippen LogP contribution in [-0.2, 0) is 6.54 Å². The molecule has 0 radical (unpaired) electrons. The van der Waals surface area contributed by atoms with Gasteiger partial charge in [-0.05, 0) is 19.9 Å². The van der Waals surface area contributed by atoms with Crippen LogP contribution in [0.5, 0.6) is 0 Å². The second-order valence-corrected chi connectivity index (χ2v) is 4.70. The van der Waals surface area contributed by atoms with E-state index in [1.807, 2.05) is 19.9 Å². The maximum Gasteiger partial charge on any atom is 0.277 e. The number of nitrogens with one attached hydrogen (secondary N) is 1. The van der Waals surface area contributed by atoms with Crippen LogP contribution in [0.1, 0.15) is 26.9 Å². The van der Waals surface area contributed by atoms with Crippen LogP contribution in [0.2, 0.25) is 0 Å². The van der Waals surface area contributed by atoms with E-state index in [1.165, 1.54) is 11.3 Å². The highest BCUT2D eigenvalue weighted by molar-refractivity contribution is 7.09. The summed E-state index contributed by atoms with van der Waals surface area (Å²) in [6, 6.07) is 1.84. The highest BCUT2D eigenvalue weighted by Crippen LogP contribution is 2.11. The van der Waals surface area contributed by atoms with Crippen LogP contribution in [0.15, 0.2) is 11.4 Å². The molecule has 94 valence electrons. The van der Waals surface area contributed by atoms with Crippen LogP contribution in [0.25, 0.3) is 0 Å². The number of carbonyl (C=O) groups excluding carboxylic acids is 1. The Morgan fingerprint density at radius 1 is 1.33 bits per heavy atom. The van der Waals surface area contributed by atoms with Gasteiger partial charge in [0.2, 0.25) is 5.95 Å². The number of carbonyl (C=O) groups is 1. The molecule has 2 aromatic heterocycles. The van der Waals surface area contributed by atoms with Gasteiger partial charge < -0.3 is 5.73 Å². The highest BCUT2D eigenvalue weighted by atomic mass is 32.1. The Morgan fingerprint density at radius 2 is 2.00 bits per heavy atom. The Kier molecular flexibility index (Phi) is 3.63. The van der Waals surface area contributed by atoms with E-state index in [2.05, 4.69) is 20.3 Å². The number of hydrogen-bond acceptors (Lipinski definition) is 6. The molecule has 2 heterocycles. The van der Waals surface area contributed by atoms with Gasteiger partial charge in [0.05, 0.1) is 0 Å². The van der Waals surface area contributed by atoms with Crippen molar-refractivity contribution in [2.75, 3.05) is 5.32 Å². The summed E-state index contributed by atoms with van der Waals surface area (Å²) in [4.78, 5) is 24.2. The molecule has 0 aliphatic carbocycles. The van der Waals surface area contributed by atoms with Gasteiger partial charge in [-0.2, -0.15) is 0 Å². The minimum Gasteiger partial charge on any atom is -0.325 e. The standard InChI is InChI=1S/C11H13N5OS/c1-6-3-7(2)14-11(13-6)16-10(17)8-5-18-9(4-12)15-8/h3,5H,4,12H2,1-2H3,(H,13,14,16,17). The second kappa shape index (κ2) is 5.19. The summed E-state index contributed by atoms with van der Waals surface area (Å²) in [6.07, 6.45) is 0. The molecule has 0 saturated heterocycles. The molecule has 0 saturated carbocycles. The summed E-state index contributed by atoms with van der Waals surface area (Å²) >= 11 is 1.36. The van der Waals surface area contributed by atoms with Crippen molar-refractivity contribution in [3.8, 4) is 0 Å². The molecule has 2 rings (SSSR count). The smallest absolute Gasteiger partial charge is 0.277 e. The molecular weight excluding hydrogens is 250 g/mol. The molecule has 2 aromatic rings. The monoisotopic (exact) mass is 263 g/mol. The minimum atomic E-state index is -0.323. The van der Waals surface area contributed by atoms with E-state index < -0.39 is 0 Å². The number of nitrogens with two attached hydrogens (primary N) is 1. The van der Waals surface area contributed by atoms with E-state index in [9.17, 15) is 4.79 Å². The Morgan fingerprint density at radius 3 is 2.56 bits per heavy atom. The quantitative estimate of drug-likeness (QED) is 0.869. The van der Waals surface area contributed by atoms with Crippen molar-refractivity contribution in [3.05, 3.63) is 33.5 Å². The van der Waals surface area contributed by atoms with Gasteiger partial charge in [0.25, 0.3) is 5.91 Å². The molecule has 1 amide bonds. The lowest BCUT2D eigenvalue weighted by atomic mass is 10.3. The van der Waals surface area contributed by atoms with Crippen molar-refractivity contribution in [1.29, 1.82) is 0 Å². The third-order valence-electron chi connectivity index (χ3n) is 2.17. The zero-order valence-electron chi connectivity index (χ0n) is 10.1. The van der Waals surface area contributed by atoms with Crippen molar-refractivity contribution < 1.29 is 4.79 Å². The predicted molar refractivity (Wildman–Crippen MR) is 69.5 cm³/mol. The highest BCUT2D eigenvalue weighted by Gasteiger charge is 2.12. The normalized spacial score (nSPS) is 10.4. The summed E-state index contributed by atoms with van der Waals surface area (Å²) < 4.78 is 0. The summed E-state index contributed by atoms with van der Waals surface area (Å²) in [6.45, 7) is 4.03. The van der Waals surface area contributed by atoms with E-state index in [1.54, 1.807) is 5.38 Å². The first-order chi connectivity index (χ1) is 8.58. The van der Waals surface area contributed by atoms with Crippen molar-refractivity contribution in [2.24, 2.45) is 5.73 Å². The molecular formula is C11H13N5OS. The van der Waals surface area contributed by atoms with Crippen molar-refractivity contribution in [2.45, 2.75) is 20.4 Å². The van der Waals surface area contributed by atoms with Crippen LogP contribution >= 0.6 is 11.3 Å². The van der Waals surface area contributed by atoms with Gasteiger partial charge in [-0.15, -0.1) is 11.3 Å². The lowest BCUT2D eigenvalue weighted by Crippen LogP contribution is -2.15. The molecule has 0 aromatic carbocycles. The molecule has 0 unspecified atom stereocenters. The van der Waals surface area contributed by atoms with Crippen molar-refractivity contribution >= 4 is 23.2 Å². The van der Waals surface area contributed by atoms with Crippen LogP contribution in [0.3, 0.4) is 0 Å². The van der Waals surface area contributed by atoms with E-state index in [0.29, 0.717) is 18.2 Å². The molecule has 0 fully saturated rings. The average molecular weight is 263 g/mol. The van der Waals surface area contributed by atoms with Crippen molar-refractivity contribution in [3.63, 3.8) is 0 Å². The van der Waals surface area contributed by atoms with Crippen LogP contribution in [0.4, 0.5) is 5.95 Å². The molecule has 0 aliphatic rings. The number of nitrogens with zero attached hydrogens (tertiary/aromatic N) is 3. The van der Waals surface area contributed by atoms with Gasteiger partial charge in [0, 0.05) is 23.3 Å². The van der Waals surface area contributed by atoms with Gasteiger partial charge >= 0.3 is 0 Å². The maximum absolute atomic E-state index is 11.9. The summed E-state index contributed by atoms with van der Waals surface area (Å²) in [5.74, 6) is -0.0317. The van der Waals surface area contributed by atoms with Gasteiger partial charge in [-0.25, -0.2) is 15.0 Å². The fraction of sp³-hybridized carbons (Fsp3) is 0.273. The maximum atomic E-state index is 11.9. The molecule has 0 spiro atoms. The molecule has 3 N–H and O–H groups in total. The second-order valence-electron chi connectivity index (χ2n) is 3.76. The Hall–Kier alpha value is -1.86. The van der Waals surface area contributed by atoms with Crippen LogP contribution < -0.4 is 11.1 Å². The molecule has 0 atom stereocenters. The van der Waals surface area contributed by atoms with E-state index in [0.717, 1.165) is 16.4 Å². The van der Waals surface area contributed by atoms with Gasteiger partial charge in [0.1, 0.15) is 10.7 Å². The van der Waals surface area contributed by atoms with Gasteiger partial charge in [0.15, 0.2) is 0 Å². The number of aromatic nitrogens is 3. The Labute approximate surface area is 108 Å². The molecule has 0 aliphatic heterocycles. The molecule has 18 heavy (non-hydrogen) atoms. The molecule has 7 heteroatoms. The fourth-order valence-corrected chi connectivity index (χ4v) is 2.11. The number of amides is 1. The summed E-state index contributed by atoms with van der Waals surface area (Å²) in [7, 11) is 0. The Balaban J connectivity index is 2.15. The predicted octanol–water partition coefficient (Wildman–Crippen LogP) is 1.26. The summed E-state index contributed by atoms with van der Waals surface area (Å²) in [5.41, 5.74) is 7.39. The van der Waals surface area contributed by atoms with Crippen molar-refractivity contribution in [1.82, 2.24) is 15.0 Å². The average Bonchev–Trinajstić information content (AvgIpc) is 2.75. The van der Waals surface area contributed by atoms with Gasteiger partial charge in [-0.3, -0.25) is 10.1 Å². The zero-order valence-corrected chi connectivity index (χ0v) is 10.9. The molecule has 6 nitrogen and oxygen atoms in total. The third kappa shape index (κ3) is 2.88. The number of thiazole rings is 1. The van der Waals surface area contributed by atoms with E-state index in [4.69, 9.17) is 5.73 Å². The van der Waals surface area contributed by atoms with Crippen LogP contribution in [0, 0.1) is 13.8 Å². The molecule has 0 bridgehead atoms. The topological polar surface area (TPSA) is 93.8 Å². The Bertz CT molecular complexity index is 560. The first-order valence-electron chi connectivity index (χ1n) is 5.36. The van der Waals surface area contributed by atoms with Crippen LogP contribution in [-0.4, -0.2) is 20.9 Å². The summed E-state index contributed by atoms with van der Waals surface area (Å²) in [5, 5.41) is 5.01. The van der Waals surface area contributed by atoms with Gasteiger partial charge in [-0.1, -0.05) is 0 Å². The zero-order chi connectivity index (χ0) is 13.1. The number of rotatable bonds is 3. The first-order valence-corrected chi connectivity index (χ1v) is 6.24.